The quantitative estimate of drug-likeness (QED) is 0.863. The van der Waals surface area contributed by atoms with E-state index in [0.29, 0.717) is 37.3 Å². The molecule has 1 fully saturated rings. The first kappa shape index (κ1) is 20.0. The summed E-state index contributed by atoms with van der Waals surface area (Å²) < 4.78 is 16.4. The molecule has 2 heterocycles. The lowest BCUT2D eigenvalue weighted by atomic mass is 10.0. The smallest absolute Gasteiger partial charge is 0.410 e. The third-order valence-electron chi connectivity index (χ3n) is 4.83. The molecule has 7 heteroatoms. The number of methoxy groups -OCH3 is 1. The van der Waals surface area contributed by atoms with E-state index in [1.165, 1.54) is 0 Å². The summed E-state index contributed by atoms with van der Waals surface area (Å²) in [4.78, 5) is 26.6. The van der Waals surface area contributed by atoms with Gasteiger partial charge < -0.3 is 24.1 Å². The summed E-state index contributed by atoms with van der Waals surface area (Å²) in [5.41, 5.74) is 0.935. The molecule has 3 rings (SSSR count). The van der Waals surface area contributed by atoms with Gasteiger partial charge in [-0.05, 0) is 58.7 Å². The van der Waals surface area contributed by atoms with Crippen LogP contribution < -0.4 is 10.1 Å². The number of rotatable bonds is 3. The first-order chi connectivity index (χ1) is 13.2. The Morgan fingerprint density at radius 3 is 2.50 bits per heavy atom. The lowest BCUT2D eigenvalue weighted by Crippen LogP contribution is -2.47. The van der Waals surface area contributed by atoms with Gasteiger partial charge in [0.1, 0.15) is 16.9 Å². The number of carbonyl (C=O) groups excluding carboxylic acids is 2. The fourth-order valence-corrected chi connectivity index (χ4v) is 3.33. The molecule has 0 unspecified atom stereocenters. The van der Waals surface area contributed by atoms with Gasteiger partial charge in [0.2, 0.25) is 0 Å². The zero-order valence-corrected chi connectivity index (χ0v) is 17.1. The summed E-state index contributed by atoms with van der Waals surface area (Å²) in [6.07, 6.45) is 1.05. The van der Waals surface area contributed by atoms with Gasteiger partial charge in [0.05, 0.1) is 7.11 Å². The summed E-state index contributed by atoms with van der Waals surface area (Å²) in [6, 6.07) is 5.47. The number of hydrogen-bond acceptors (Lipinski definition) is 5. The number of benzene rings is 1. The molecular weight excluding hydrogens is 360 g/mol. The highest BCUT2D eigenvalue weighted by Crippen LogP contribution is 2.29. The molecule has 1 aliphatic rings. The van der Waals surface area contributed by atoms with E-state index in [2.05, 4.69) is 5.32 Å². The molecule has 1 aliphatic heterocycles. The second-order valence-corrected chi connectivity index (χ2v) is 8.13. The van der Waals surface area contributed by atoms with Crippen molar-refractivity contribution in [1.82, 2.24) is 10.2 Å². The Kier molecular flexibility index (Phi) is 5.54. The van der Waals surface area contributed by atoms with Crippen molar-refractivity contribution in [2.45, 2.75) is 52.2 Å². The number of carbonyl (C=O) groups is 2. The predicted octanol–water partition coefficient (Wildman–Crippen LogP) is 3.88. The van der Waals surface area contributed by atoms with Gasteiger partial charge in [-0.2, -0.15) is 0 Å². The number of furan rings is 1. The molecule has 152 valence electrons. The van der Waals surface area contributed by atoms with Crippen LogP contribution in [0.15, 0.2) is 22.6 Å². The maximum atomic E-state index is 12.7. The number of fused-ring (bicyclic) bond motifs is 1. The van der Waals surface area contributed by atoms with Crippen molar-refractivity contribution in [3.63, 3.8) is 0 Å². The van der Waals surface area contributed by atoms with Crippen LogP contribution in [0.4, 0.5) is 4.79 Å². The first-order valence-corrected chi connectivity index (χ1v) is 9.54. The number of piperidine rings is 1. The Morgan fingerprint density at radius 2 is 1.89 bits per heavy atom. The van der Waals surface area contributed by atoms with Gasteiger partial charge in [0, 0.05) is 30.1 Å². The van der Waals surface area contributed by atoms with Gasteiger partial charge in [-0.15, -0.1) is 0 Å². The lowest BCUT2D eigenvalue weighted by Gasteiger charge is -2.33. The molecule has 7 nitrogen and oxygen atoms in total. The van der Waals surface area contributed by atoms with Crippen molar-refractivity contribution in [1.29, 1.82) is 0 Å². The van der Waals surface area contributed by atoms with E-state index in [-0.39, 0.29) is 18.0 Å². The van der Waals surface area contributed by atoms with E-state index < -0.39 is 5.60 Å². The van der Waals surface area contributed by atoms with E-state index >= 15 is 0 Å². The molecule has 0 saturated carbocycles. The minimum absolute atomic E-state index is 0.00617. The Morgan fingerprint density at radius 1 is 1.21 bits per heavy atom. The normalized spacial score (nSPS) is 15.5. The average molecular weight is 388 g/mol. The molecule has 1 aromatic carbocycles. The number of hydrogen-bond donors (Lipinski definition) is 1. The highest BCUT2D eigenvalue weighted by molar-refractivity contribution is 5.99. The van der Waals surface area contributed by atoms with E-state index in [1.807, 2.05) is 33.8 Å². The van der Waals surface area contributed by atoms with Crippen molar-refractivity contribution in [3.8, 4) is 5.75 Å². The van der Waals surface area contributed by atoms with Gasteiger partial charge in [0.25, 0.3) is 5.91 Å². The molecule has 1 aromatic heterocycles. The van der Waals surface area contributed by atoms with Gasteiger partial charge in [0.15, 0.2) is 5.76 Å². The minimum Gasteiger partial charge on any atom is -0.497 e. The standard InChI is InChI=1S/C21H28N2O5/c1-13-16-12-15(26-5)6-7-17(16)27-18(13)19(24)22-14-8-10-23(11-9-14)20(25)28-21(2,3)4/h6-7,12,14H,8-11H2,1-5H3,(H,22,24). The average Bonchev–Trinajstić information content (AvgIpc) is 2.97. The monoisotopic (exact) mass is 388 g/mol. The first-order valence-electron chi connectivity index (χ1n) is 9.54. The van der Waals surface area contributed by atoms with E-state index in [1.54, 1.807) is 24.1 Å². The molecule has 0 aliphatic carbocycles. The largest absolute Gasteiger partial charge is 0.497 e. The Balaban J connectivity index is 1.61. The number of nitrogens with one attached hydrogen (secondary N) is 1. The third kappa shape index (κ3) is 4.40. The molecule has 0 radical (unpaired) electrons. The Labute approximate surface area is 165 Å². The van der Waals surface area contributed by atoms with E-state index in [4.69, 9.17) is 13.9 Å². The molecular formula is C21H28N2O5. The summed E-state index contributed by atoms with van der Waals surface area (Å²) in [5, 5.41) is 3.90. The predicted molar refractivity (Wildman–Crippen MR) is 106 cm³/mol. The molecule has 0 spiro atoms. The number of nitrogens with zero attached hydrogens (tertiary/aromatic N) is 1. The molecule has 0 atom stereocenters. The van der Waals surface area contributed by atoms with Crippen molar-refractivity contribution in [3.05, 3.63) is 29.5 Å². The number of ether oxygens (including phenoxy) is 2. The lowest BCUT2D eigenvalue weighted by molar-refractivity contribution is 0.0199. The van der Waals surface area contributed by atoms with Crippen LogP contribution in [0.5, 0.6) is 5.75 Å². The molecule has 2 amide bonds. The van der Waals surface area contributed by atoms with Crippen LogP contribution in [0, 0.1) is 6.92 Å². The summed E-state index contributed by atoms with van der Waals surface area (Å²) >= 11 is 0. The van der Waals surface area contributed by atoms with Crippen molar-refractivity contribution in [2.24, 2.45) is 0 Å². The summed E-state index contributed by atoms with van der Waals surface area (Å²) in [7, 11) is 1.61. The zero-order chi connectivity index (χ0) is 20.5. The van der Waals surface area contributed by atoms with Gasteiger partial charge in [-0.1, -0.05) is 0 Å². The second-order valence-electron chi connectivity index (χ2n) is 8.13. The fraction of sp³-hybridized carbons (Fsp3) is 0.524. The number of likely N-dealkylation sites (tertiary alicyclic amines) is 1. The van der Waals surface area contributed by atoms with Crippen LogP contribution in [0.25, 0.3) is 11.0 Å². The fourth-order valence-electron chi connectivity index (χ4n) is 3.33. The zero-order valence-electron chi connectivity index (χ0n) is 17.1. The second kappa shape index (κ2) is 7.73. The van der Waals surface area contributed by atoms with Crippen LogP contribution in [0.2, 0.25) is 0 Å². The van der Waals surface area contributed by atoms with Gasteiger partial charge in [-0.3, -0.25) is 4.79 Å². The van der Waals surface area contributed by atoms with Gasteiger partial charge >= 0.3 is 6.09 Å². The van der Waals surface area contributed by atoms with E-state index in [0.717, 1.165) is 16.7 Å². The van der Waals surface area contributed by atoms with Gasteiger partial charge in [-0.25, -0.2) is 4.79 Å². The topological polar surface area (TPSA) is 81.0 Å². The highest BCUT2D eigenvalue weighted by Gasteiger charge is 2.28. The molecule has 1 saturated heterocycles. The number of amides is 2. The Hall–Kier alpha value is -2.70. The summed E-state index contributed by atoms with van der Waals surface area (Å²) in [6.45, 7) is 8.52. The molecule has 28 heavy (non-hydrogen) atoms. The maximum absolute atomic E-state index is 12.7. The van der Waals surface area contributed by atoms with Crippen LogP contribution >= 0.6 is 0 Å². The van der Waals surface area contributed by atoms with Crippen molar-refractivity contribution < 1.29 is 23.5 Å². The van der Waals surface area contributed by atoms with Crippen LogP contribution in [0.1, 0.15) is 49.7 Å². The summed E-state index contributed by atoms with van der Waals surface area (Å²) in [5.74, 6) is 0.805. The van der Waals surface area contributed by atoms with Crippen molar-refractivity contribution in [2.75, 3.05) is 20.2 Å². The molecule has 1 N–H and O–H groups in total. The van der Waals surface area contributed by atoms with Crippen LogP contribution in [-0.2, 0) is 4.74 Å². The highest BCUT2D eigenvalue weighted by atomic mass is 16.6. The third-order valence-corrected chi connectivity index (χ3v) is 4.83. The maximum Gasteiger partial charge on any atom is 0.410 e. The molecule has 2 aromatic rings. The van der Waals surface area contributed by atoms with Crippen LogP contribution in [-0.4, -0.2) is 48.7 Å². The Bertz CT molecular complexity index is 873. The van der Waals surface area contributed by atoms with Crippen molar-refractivity contribution >= 4 is 23.0 Å². The minimum atomic E-state index is -0.510. The van der Waals surface area contributed by atoms with E-state index in [9.17, 15) is 9.59 Å². The van der Waals surface area contributed by atoms with Crippen LogP contribution in [0.3, 0.4) is 0 Å². The SMILES string of the molecule is COc1ccc2oc(C(=O)NC3CCN(C(=O)OC(C)(C)C)CC3)c(C)c2c1. The molecule has 0 bridgehead atoms. The number of aryl methyl sites for hydroxylation is 1.